The van der Waals surface area contributed by atoms with Gasteiger partial charge in [-0.05, 0) is 41.8 Å². The van der Waals surface area contributed by atoms with Crippen LogP contribution in [0.5, 0.6) is 11.5 Å². The van der Waals surface area contributed by atoms with Crippen molar-refractivity contribution in [1.29, 1.82) is 0 Å². The molecule has 3 aromatic rings. The lowest BCUT2D eigenvalue weighted by molar-refractivity contribution is -0.140. The number of ether oxygens (including phenoxy) is 2. The molecule has 1 atom stereocenters. The summed E-state index contributed by atoms with van der Waals surface area (Å²) < 4.78 is 37.7. The van der Waals surface area contributed by atoms with Crippen LogP contribution in [0, 0.1) is 0 Å². The lowest BCUT2D eigenvalue weighted by atomic mass is 10.0. The molecule has 1 heterocycles. The van der Waals surface area contributed by atoms with E-state index < -0.39 is 28.5 Å². The fourth-order valence-electron chi connectivity index (χ4n) is 4.55. The second kappa shape index (κ2) is 13.7. The van der Waals surface area contributed by atoms with Gasteiger partial charge < -0.3 is 19.7 Å². The maximum atomic E-state index is 14.1. The molecule has 3 aromatic carbocycles. The van der Waals surface area contributed by atoms with Gasteiger partial charge in [0.05, 0.1) is 11.9 Å². The first-order valence-corrected chi connectivity index (χ1v) is 15.6. The van der Waals surface area contributed by atoms with Crippen molar-refractivity contribution in [3.8, 4) is 11.5 Å². The van der Waals surface area contributed by atoms with Crippen LogP contribution >= 0.6 is 11.6 Å². The molecule has 0 aromatic heterocycles. The lowest BCUT2D eigenvalue weighted by Gasteiger charge is -2.33. The summed E-state index contributed by atoms with van der Waals surface area (Å²) in [7, 11) is -3.90. The van der Waals surface area contributed by atoms with Crippen LogP contribution < -0.4 is 19.1 Å². The summed E-state index contributed by atoms with van der Waals surface area (Å²) in [4.78, 5) is 29.2. The molecule has 0 aliphatic carbocycles. The van der Waals surface area contributed by atoms with E-state index in [4.69, 9.17) is 21.1 Å². The molecule has 0 fully saturated rings. The Labute approximate surface area is 246 Å². The number of nitrogens with one attached hydrogen (secondary N) is 1. The van der Waals surface area contributed by atoms with Gasteiger partial charge in [0.25, 0.3) is 0 Å². The van der Waals surface area contributed by atoms with E-state index in [0.717, 1.165) is 29.0 Å². The summed E-state index contributed by atoms with van der Waals surface area (Å²) >= 11 is 6.24. The number of anilines is 1. The van der Waals surface area contributed by atoms with E-state index in [1.54, 1.807) is 30.3 Å². The molecule has 1 N–H and O–H groups in total. The summed E-state index contributed by atoms with van der Waals surface area (Å²) in [6.07, 6.45) is 2.96. The number of sulfonamides is 1. The average Bonchev–Trinajstić information content (AvgIpc) is 3.41. The highest BCUT2D eigenvalue weighted by Gasteiger charge is 2.33. The highest BCUT2D eigenvalue weighted by molar-refractivity contribution is 7.92. The van der Waals surface area contributed by atoms with E-state index in [-0.39, 0.29) is 31.4 Å². The normalized spacial score (nSPS) is 13.0. The Bertz CT molecular complexity index is 1470. The first-order chi connectivity index (χ1) is 19.7. The summed E-state index contributed by atoms with van der Waals surface area (Å²) in [5, 5.41) is 3.44. The molecule has 2 amide bonds. The highest BCUT2D eigenvalue weighted by atomic mass is 35.5. The van der Waals surface area contributed by atoms with Gasteiger partial charge in [0.2, 0.25) is 28.6 Å². The number of halogens is 1. The van der Waals surface area contributed by atoms with E-state index in [1.807, 2.05) is 43.3 Å². The fourth-order valence-corrected chi connectivity index (χ4v) is 5.60. The SMILES string of the molecule is CCCCNC(=O)C(Cc1ccccc1)N(Cc1cccc(Cl)c1)C(=O)CN(c1ccc2c(c1)OCO2)S(C)(=O)=O. The van der Waals surface area contributed by atoms with Crippen molar-refractivity contribution in [2.45, 2.75) is 38.8 Å². The monoisotopic (exact) mass is 599 g/mol. The molecular weight excluding hydrogens is 566 g/mol. The van der Waals surface area contributed by atoms with Crippen LogP contribution in [-0.4, -0.2) is 57.3 Å². The summed E-state index contributed by atoms with van der Waals surface area (Å²) in [5.74, 6) is 0.0192. The molecular formula is C30H34ClN3O6S. The summed E-state index contributed by atoms with van der Waals surface area (Å²) in [5.41, 5.74) is 1.82. The Morgan fingerprint density at radius 1 is 0.976 bits per heavy atom. The van der Waals surface area contributed by atoms with E-state index in [0.29, 0.717) is 28.6 Å². The van der Waals surface area contributed by atoms with Crippen LogP contribution in [0.3, 0.4) is 0 Å². The molecule has 11 heteroatoms. The predicted octanol–water partition coefficient (Wildman–Crippen LogP) is 4.39. The van der Waals surface area contributed by atoms with Crippen molar-refractivity contribution >= 4 is 39.1 Å². The second-order valence-electron chi connectivity index (χ2n) is 9.81. The molecule has 0 spiro atoms. The van der Waals surface area contributed by atoms with Crippen LogP contribution in [0.1, 0.15) is 30.9 Å². The van der Waals surface area contributed by atoms with Crippen LogP contribution in [0.15, 0.2) is 72.8 Å². The molecule has 0 saturated carbocycles. The van der Waals surface area contributed by atoms with E-state index in [2.05, 4.69) is 5.32 Å². The summed E-state index contributed by atoms with van der Waals surface area (Å²) in [6.45, 7) is 2.05. The lowest BCUT2D eigenvalue weighted by Crippen LogP contribution is -2.53. The zero-order valence-corrected chi connectivity index (χ0v) is 24.7. The van der Waals surface area contributed by atoms with Crippen molar-refractivity contribution in [1.82, 2.24) is 10.2 Å². The largest absolute Gasteiger partial charge is 0.454 e. The molecule has 0 radical (unpaired) electrons. The molecule has 0 bridgehead atoms. The molecule has 4 rings (SSSR count). The van der Waals surface area contributed by atoms with Gasteiger partial charge in [0.1, 0.15) is 12.6 Å². The quantitative estimate of drug-likeness (QED) is 0.292. The molecule has 218 valence electrons. The van der Waals surface area contributed by atoms with Crippen molar-refractivity contribution in [3.05, 3.63) is 88.9 Å². The number of carbonyl (C=O) groups is 2. The topological polar surface area (TPSA) is 105 Å². The molecule has 1 unspecified atom stereocenters. The van der Waals surface area contributed by atoms with Crippen molar-refractivity contribution in [2.75, 3.05) is 30.4 Å². The third-order valence-electron chi connectivity index (χ3n) is 6.67. The van der Waals surface area contributed by atoms with E-state index in [1.165, 1.54) is 11.0 Å². The zero-order chi connectivity index (χ0) is 29.4. The number of hydrogen-bond donors (Lipinski definition) is 1. The number of hydrogen-bond acceptors (Lipinski definition) is 6. The van der Waals surface area contributed by atoms with Gasteiger partial charge in [-0.15, -0.1) is 0 Å². The number of rotatable bonds is 13. The number of nitrogens with zero attached hydrogens (tertiary/aromatic N) is 2. The van der Waals surface area contributed by atoms with E-state index in [9.17, 15) is 18.0 Å². The molecule has 41 heavy (non-hydrogen) atoms. The average molecular weight is 600 g/mol. The first-order valence-electron chi connectivity index (χ1n) is 13.4. The third kappa shape index (κ3) is 8.14. The van der Waals surface area contributed by atoms with Gasteiger partial charge in [0, 0.05) is 30.6 Å². The van der Waals surface area contributed by atoms with Gasteiger partial charge >= 0.3 is 0 Å². The minimum absolute atomic E-state index is 0.0261. The van der Waals surface area contributed by atoms with Crippen LogP contribution in [-0.2, 0) is 32.6 Å². The predicted molar refractivity (Wildman–Crippen MR) is 159 cm³/mol. The number of fused-ring (bicyclic) bond motifs is 1. The Morgan fingerprint density at radius 3 is 2.41 bits per heavy atom. The maximum absolute atomic E-state index is 14.1. The third-order valence-corrected chi connectivity index (χ3v) is 8.04. The molecule has 1 aliphatic rings. The Balaban J connectivity index is 1.71. The van der Waals surface area contributed by atoms with E-state index >= 15 is 0 Å². The summed E-state index contributed by atoms with van der Waals surface area (Å²) in [6, 6.07) is 20.2. The fraction of sp³-hybridized carbons (Fsp3) is 0.333. The smallest absolute Gasteiger partial charge is 0.244 e. The maximum Gasteiger partial charge on any atom is 0.244 e. The zero-order valence-electron chi connectivity index (χ0n) is 23.1. The van der Waals surface area contributed by atoms with Gasteiger partial charge in [0.15, 0.2) is 11.5 Å². The minimum Gasteiger partial charge on any atom is -0.454 e. The van der Waals surface area contributed by atoms with Crippen molar-refractivity contribution in [2.24, 2.45) is 0 Å². The Hall–Kier alpha value is -3.76. The number of unbranched alkanes of at least 4 members (excludes halogenated alkanes) is 1. The Morgan fingerprint density at radius 2 is 1.71 bits per heavy atom. The molecule has 9 nitrogen and oxygen atoms in total. The van der Waals surface area contributed by atoms with Gasteiger partial charge in [-0.2, -0.15) is 0 Å². The van der Waals surface area contributed by atoms with Crippen molar-refractivity contribution < 1.29 is 27.5 Å². The second-order valence-corrected chi connectivity index (χ2v) is 12.2. The number of benzene rings is 3. The highest BCUT2D eigenvalue weighted by Crippen LogP contribution is 2.36. The minimum atomic E-state index is -3.90. The standard InChI is InChI=1S/C30H34ClN3O6S/c1-3-4-15-32-30(36)26(17-22-9-6-5-7-10-22)33(19-23-11-8-12-24(31)16-23)29(35)20-34(41(2,37)38)25-13-14-27-28(18-25)40-21-39-27/h5-14,16,18,26H,3-4,15,17,19-21H2,1-2H3,(H,32,36). The van der Waals surface area contributed by atoms with Gasteiger partial charge in [-0.25, -0.2) is 8.42 Å². The van der Waals surface area contributed by atoms with Crippen molar-refractivity contribution in [3.63, 3.8) is 0 Å². The van der Waals surface area contributed by atoms with Crippen LogP contribution in [0.4, 0.5) is 5.69 Å². The van der Waals surface area contributed by atoms with Crippen LogP contribution in [0.2, 0.25) is 5.02 Å². The first kappa shape index (κ1) is 30.2. The van der Waals surface area contributed by atoms with Gasteiger partial charge in [-0.1, -0.05) is 67.4 Å². The number of amides is 2. The van der Waals surface area contributed by atoms with Gasteiger partial charge in [-0.3, -0.25) is 13.9 Å². The molecule has 1 aliphatic heterocycles. The Kier molecular flexibility index (Phi) is 10.1. The van der Waals surface area contributed by atoms with Crippen LogP contribution in [0.25, 0.3) is 0 Å². The molecule has 0 saturated heterocycles. The number of carbonyl (C=O) groups excluding carboxylic acids is 2.